The molecule has 1 amide bonds. The highest BCUT2D eigenvalue weighted by atomic mass is 32.1. The first-order valence-electron chi connectivity index (χ1n) is 9.86. The van der Waals surface area contributed by atoms with Crippen LogP contribution in [-0.2, 0) is 22.4 Å². The van der Waals surface area contributed by atoms with Crippen molar-refractivity contribution in [1.82, 2.24) is 19.6 Å². The van der Waals surface area contributed by atoms with E-state index < -0.39 is 0 Å². The van der Waals surface area contributed by atoms with Gasteiger partial charge in [0.05, 0.1) is 31.6 Å². The summed E-state index contributed by atoms with van der Waals surface area (Å²) in [5.74, 6) is -0.0501. The molecule has 1 aliphatic heterocycles. The van der Waals surface area contributed by atoms with E-state index in [0.717, 1.165) is 17.1 Å². The van der Waals surface area contributed by atoms with E-state index in [1.807, 2.05) is 41.2 Å². The number of aromatic nitrogens is 2. The van der Waals surface area contributed by atoms with Crippen molar-refractivity contribution in [3.63, 3.8) is 0 Å². The maximum atomic E-state index is 13.1. The zero-order valence-corrected chi connectivity index (χ0v) is 17.4. The SMILES string of the molecule is CN(CCc1ccccc1)C(=O)c1nc2sccn2c1CNCC1COCCO1. The van der Waals surface area contributed by atoms with Crippen molar-refractivity contribution < 1.29 is 14.3 Å². The smallest absolute Gasteiger partial charge is 0.274 e. The molecule has 3 heterocycles. The van der Waals surface area contributed by atoms with Crippen molar-refractivity contribution in [3.05, 3.63) is 58.9 Å². The summed E-state index contributed by atoms with van der Waals surface area (Å²) in [4.78, 5) is 20.3. The highest BCUT2D eigenvalue weighted by molar-refractivity contribution is 7.15. The molecule has 0 bridgehead atoms. The van der Waals surface area contributed by atoms with E-state index in [2.05, 4.69) is 22.4 Å². The van der Waals surface area contributed by atoms with E-state index in [1.54, 1.807) is 4.90 Å². The number of carbonyl (C=O) groups excluding carboxylic acids is 1. The largest absolute Gasteiger partial charge is 0.376 e. The van der Waals surface area contributed by atoms with Crippen molar-refractivity contribution in [2.75, 3.05) is 40.0 Å². The Balaban J connectivity index is 1.42. The summed E-state index contributed by atoms with van der Waals surface area (Å²) in [6.07, 6.45) is 2.82. The van der Waals surface area contributed by atoms with Crippen LogP contribution in [0.2, 0.25) is 0 Å². The molecule has 2 aromatic heterocycles. The molecule has 0 radical (unpaired) electrons. The maximum absolute atomic E-state index is 13.1. The van der Waals surface area contributed by atoms with E-state index in [9.17, 15) is 4.79 Å². The van der Waals surface area contributed by atoms with Gasteiger partial charge in [0.1, 0.15) is 0 Å². The molecule has 1 saturated heterocycles. The van der Waals surface area contributed by atoms with Gasteiger partial charge in [-0.15, -0.1) is 11.3 Å². The van der Waals surface area contributed by atoms with Crippen molar-refractivity contribution in [2.24, 2.45) is 0 Å². The molecular formula is C21H26N4O3S. The Kier molecular flexibility index (Phi) is 6.56. The number of benzene rings is 1. The molecule has 8 heteroatoms. The fourth-order valence-electron chi connectivity index (χ4n) is 3.40. The van der Waals surface area contributed by atoms with Gasteiger partial charge in [-0.2, -0.15) is 0 Å². The van der Waals surface area contributed by atoms with E-state index >= 15 is 0 Å². The molecule has 154 valence electrons. The van der Waals surface area contributed by atoms with E-state index in [1.165, 1.54) is 16.9 Å². The Bertz CT molecular complexity index is 934. The molecular weight excluding hydrogens is 388 g/mol. The van der Waals surface area contributed by atoms with Crippen LogP contribution in [-0.4, -0.2) is 66.3 Å². The van der Waals surface area contributed by atoms with Crippen molar-refractivity contribution in [1.29, 1.82) is 0 Å². The fraction of sp³-hybridized carbons (Fsp3) is 0.429. The lowest BCUT2D eigenvalue weighted by molar-refractivity contribution is -0.0864. The van der Waals surface area contributed by atoms with Crippen molar-refractivity contribution >= 4 is 22.2 Å². The summed E-state index contributed by atoms with van der Waals surface area (Å²) < 4.78 is 13.1. The van der Waals surface area contributed by atoms with Crippen LogP contribution in [0.1, 0.15) is 21.7 Å². The summed E-state index contributed by atoms with van der Waals surface area (Å²) in [5, 5.41) is 5.38. The molecule has 3 aromatic rings. The molecule has 0 aliphatic carbocycles. The number of nitrogens with zero attached hydrogens (tertiary/aromatic N) is 3. The van der Waals surface area contributed by atoms with Gasteiger partial charge in [0, 0.05) is 38.3 Å². The first-order chi connectivity index (χ1) is 14.2. The Hall–Kier alpha value is -2.26. The van der Waals surface area contributed by atoms with Crippen LogP contribution in [0.4, 0.5) is 0 Å². The Labute approximate surface area is 174 Å². The molecule has 7 nitrogen and oxygen atoms in total. The van der Waals surface area contributed by atoms with Gasteiger partial charge in [0.15, 0.2) is 10.7 Å². The zero-order valence-electron chi connectivity index (χ0n) is 16.5. The molecule has 4 rings (SSSR count). The van der Waals surface area contributed by atoms with E-state index in [0.29, 0.717) is 45.1 Å². The number of carbonyl (C=O) groups is 1. The topological polar surface area (TPSA) is 68.1 Å². The predicted molar refractivity (Wildman–Crippen MR) is 112 cm³/mol. The molecule has 1 atom stereocenters. The van der Waals surface area contributed by atoms with Gasteiger partial charge in [0.25, 0.3) is 5.91 Å². The number of fused-ring (bicyclic) bond motifs is 1. The minimum atomic E-state index is -0.0501. The summed E-state index contributed by atoms with van der Waals surface area (Å²) in [5.41, 5.74) is 2.62. The first-order valence-corrected chi connectivity index (χ1v) is 10.7. The number of amides is 1. The van der Waals surface area contributed by atoms with Gasteiger partial charge in [-0.25, -0.2) is 4.98 Å². The average molecular weight is 415 g/mol. The molecule has 0 saturated carbocycles. The van der Waals surface area contributed by atoms with Gasteiger partial charge in [-0.1, -0.05) is 30.3 Å². The van der Waals surface area contributed by atoms with Crippen LogP contribution in [0.25, 0.3) is 4.96 Å². The Morgan fingerprint density at radius 2 is 2.21 bits per heavy atom. The first kappa shape index (κ1) is 20.0. The molecule has 1 N–H and O–H groups in total. The van der Waals surface area contributed by atoms with Gasteiger partial charge in [0.2, 0.25) is 0 Å². The second-order valence-corrected chi connectivity index (χ2v) is 8.00. The lowest BCUT2D eigenvalue weighted by atomic mass is 10.1. The summed E-state index contributed by atoms with van der Waals surface area (Å²) in [6.45, 7) is 3.75. The molecule has 1 unspecified atom stereocenters. The zero-order chi connectivity index (χ0) is 20.1. The van der Waals surface area contributed by atoms with Gasteiger partial charge >= 0.3 is 0 Å². The number of rotatable bonds is 8. The summed E-state index contributed by atoms with van der Waals surface area (Å²) >= 11 is 1.53. The number of hydrogen-bond donors (Lipinski definition) is 1. The number of ether oxygens (including phenoxy) is 2. The number of imidazole rings is 1. The van der Waals surface area contributed by atoms with E-state index in [4.69, 9.17) is 9.47 Å². The standard InChI is InChI=1S/C21H26N4O3S/c1-24(8-7-16-5-3-2-4-6-16)20(26)19-18(25-9-12-29-21(25)23-19)14-22-13-17-15-27-10-11-28-17/h2-6,9,12,17,22H,7-8,10-11,13-15H2,1H3. The predicted octanol–water partition coefficient (Wildman–Crippen LogP) is 2.22. The van der Waals surface area contributed by atoms with Crippen LogP contribution in [0.15, 0.2) is 41.9 Å². The third-order valence-electron chi connectivity index (χ3n) is 5.04. The maximum Gasteiger partial charge on any atom is 0.274 e. The summed E-state index contributed by atoms with van der Waals surface area (Å²) in [6, 6.07) is 10.2. The molecule has 1 fully saturated rings. The lowest BCUT2D eigenvalue weighted by Gasteiger charge is -2.23. The van der Waals surface area contributed by atoms with E-state index in [-0.39, 0.29) is 12.0 Å². The Morgan fingerprint density at radius 1 is 1.34 bits per heavy atom. The van der Waals surface area contributed by atoms with Crippen molar-refractivity contribution in [2.45, 2.75) is 19.1 Å². The fourth-order valence-corrected chi connectivity index (χ4v) is 4.14. The van der Waals surface area contributed by atoms with Crippen LogP contribution < -0.4 is 5.32 Å². The van der Waals surface area contributed by atoms with Gasteiger partial charge in [-0.05, 0) is 12.0 Å². The lowest BCUT2D eigenvalue weighted by Crippen LogP contribution is -2.37. The highest BCUT2D eigenvalue weighted by Gasteiger charge is 2.23. The van der Waals surface area contributed by atoms with Crippen LogP contribution in [0.5, 0.6) is 0 Å². The number of hydrogen-bond acceptors (Lipinski definition) is 6. The average Bonchev–Trinajstić information content (AvgIpc) is 3.35. The minimum Gasteiger partial charge on any atom is -0.376 e. The minimum absolute atomic E-state index is 0.0438. The van der Waals surface area contributed by atoms with Crippen molar-refractivity contribution in [3.8, 4) is 0 Å². The summed E-state index contributed by atoms with van der Waals surface area (Å²) in [7, 11) is 1.84. The molecule has 0 spiro atoms. The second kappa shape index (κ2) is 9.49. The van der Waals surface area contributed by atoms with Gasteiger partial charge < -0.3 is 19.7 Å². The molecule has 1 aromatic carbocycles. The highest BCUT2D eigenvalue weighted by Crippen LogP contribution is 2.19. The van der Waals surface area contributed by atoms with Crippen LogP contribution >= 0.6 is 11.3 Å². The Morgan fingerprint density at radius 3 is 3.00 bits per heavy atom. The molecule has 1 aliphatic rings. The second-order valence-electron chi connectivity index (χ2n) is 7.12. The number of thiazole rings is 1. The normalized spacial score (nSPS) is 16.9. The molecule has 29 heavy (non-hydrogen) atoms. The van der Waals surface area contributed by atoms with Crippen LogP contribution in [0.3, 0.4) is 0 Å². The monoisotopic (exact) mass is 414 g/mol. The van der Waals surface area contributed by atoms with Gasteiger partial charge in [-0.3, -0.25) is 9.20 Å². The third-order valence-corrected chi connectivity index (χ3v) is 5.80. The number of nitrogens with one attached hydrogen (secondary N) is 1. The number of likely N-dealkylation sites (N-methyl/N-ethyl adjacent to an activating group) is 1. The quantitative estimate of drug-likeness (QED) is 0.612. The van der Waals surface area contributed by atoms with Crippen LogP contribution in [0, 0.1) is 0 Å². The third kappa shape index (κ3) is 4.84.